The van der Waals surface area contributed by atoms with Crippen molar-refractivity contribution >= 4 is 5.97 Å². The van der Waals surface area contributed by atoms with Crippen molar-refractivity contribution in [3.05, 3.63) is 35.9 Å². The number of methoxy groups -OCH3 is 1. The molecule has 3 aliphatic rings. The van der Waals surface area contributed by atoms with Crippen LogP contribution in [0.25, 0.3) is 0 Å². The second kappa shape index (κ2) is 2.58. The molecule has 3 saturated carbocycles. The molecule has 0 aromatic heterocycles. The molecule has 0 N–H and O–H groups in total. The van der Waals surface area contributed by atoms with Crippen LogP contribution in [0, 0.1) is 10.8 Å². The van der Waals surface area contributed by atoms with E-state index in [4.69, 9.17) is 4.74 Å². The molecule has 1 spiro atoms. The Morgan fingerprint density at radius 2 is 1.94 bits per heavy atom. The third kappa shape index (κ3) is 0.821. The molecule has 3 unspecified atom stereocenters. The van der Waals surface area contributed by atoms with Crippen LogP contribution in [0.1, 0.15) is 31.2 Å². The summed E-state index contributed by atoms with van der Waals surface area (Å²) in [5.41, 5.74) is 1.90. The van der Waals surface area contributed by atoms with Gasteiger partial charge in [-0.2, -0.15) is 0 Å². The van der Waals surface area contributed by atoms with Gasteiger partial charge in [0.2, 0.25) is 0 Å². The number of hydrogen-bond donors (Lipinski definition) is 0. The average Bonchev–Trinajstić information content (AvgIpc) is 3.24. The van der Waals surface area contributed by atoms with Crippen molar-refractivity contribution in [2.45, 2.75) is 31.1 Å². The van der Waals surface area contributed by atoms with E-state index in [9.17, 15) is 4.79 Å². The van der Waals surface area contributed by atoms with E-state index < -0.39 is 0 Å². The highest BCUT2D eigenvalue weighted by molar-refractivity contribution is 5.86. The predicted octanol–water partition coefficient (Wildman–Crippen LogP) is 2.67. The van der Waals surface area contributed by atoms with E-state index >= 15 is 0 Å². The van der Waals surface area contributed by atoms with E-state index in [1.807, 2.05) is 0 Å². The third-order valence-corrected chi connectivity index (χ3v) is 5.67. The lowest BCUT2D eigenvalue weighted by Crippen LogP contribution is -2.18. The fourth-order valence-corrected chi connectivity index (χ4v) is 4.73. The van der Waals surface area contributed by atoms with Crippen LogP contribution in [0.4, 0.5) is 0 Å². The highest BCUT2D eigenvalue weighted by Crippen LogP contribution is 2.94. The summed E-state index contributed by atoms with van der Waals surface area (Å²) in [7, 11) is 1.52. The van der Waals surface area contributed by atoms with E-state index in [2.05, 4.69) is 30.3 Å². The van der Waals surface area contributed by atoms with Crippen molar-refractivity contribution in [1.29, 1.82) is 0 Å². The lowest BCUT2D eigenvalue weighted by molar-refractivity contribution is -0.147. The van der Waals surface area contributed by atoms with Gasteiger partial charge in [0, 0.05) is 5.41 Å². The molecule has 0 aliphatic heterocycles. The molecule has 0 amide bonds. The molecule has 0 heterocycles. The van der Waals surface area contributed by atoms with E-state index in [-0.39, 0.29) is 16.8 Å². The number of ether oxygens (including phenoxy) is 1. The van der Waals surface area contributed by atoms with Crippen LogP contribution in [-0.4, -0.2) is 13.1 Å². The highest BCUT2D eigenvalue weighted by atomic mass is 16.5. The fraction of sp³-hybridized carbons (Fsp3) is 0.533. The first-order chi connectivity index (χ1) is 8.21. The molecule has 3 fully saturated rings. The Bertz CT molecular complexity index is 501. The standard InChI is InChI=1S/C15H16O2/c1-17-12(16)14-8-7-13(9-15(13,14)10-14)11-5-3-2-4-6-11/h2-6H,7-10H2,1H3. The molecule has 1 aromatic rings. The topological polar surface area (TPSA) is 26.3 Å². The molecular weight excluding hydrogens is 212 g/mol. The second-order valence-electron chi connectivity index (χ2n) is 5.96. The maximum atomic E-state index is 12.0. The lowest BCUT2D eigenvalue weighted by Gasteiger charge is -2.14. The summed E-state index contributed by atoms with van der Waals surface area (Å²) in [4.78, 5) is 12.0. The maximum absolute atomic E-state index is 12.0. The SMILES string of the molecule is COC(=O)C12CCC3(c4ccccc4)CC13C2. The molecule has 2 heteroatoms. The van der Waals surface area contributed by atoms with Crippen LogP contribution in [0.15, 0.2) is 30.3 Å². The van der Waals surface area contributed by atoms with Crippen LogP contribution in [0.3, 0.4) is 0 Å². The number of carbonyl (C=O) groups is 1. The first-order valence-corrected chi connectivity index (χ1v) is 6.35. The Kier molecular flexibility index (Phi) is 1.47. The number of esters is 1. The van der Waals surface area contributed by atoms with E-state index in [1.54, 1.807) is 0 Å². The summed E-state index contributed by atoms with van der Waals surface area (Å²) in [5.74, 6) is 0.0350. The smallest absolute Gasteiger partial charge is 0.312 e. The van der Waals surface area contributed by atoms with Gasteiger partial charge in [-0.05, 0) is 36.7 Å². The zero-order valence-corrected chi connectivity index (χ0v) is 10.0. The van der Waals surface area contributed by atoms with Gasteiger partial charge in [0.05, 0.1) is 12.5 Å². The molecule has 3 atom stereocenters. The Hall–Kier alpha value is -1.31. The average molecular weight is 228 g/mol. The van der Waals surface area contributed by atoms with Gasteiger partial charge in [-0.3, -0.25) is 4.79 Å². The molecule has 0 bridgehead atoms. The normalized spacial score (nSPS) is 44.8. The summed E-state index contributed by atoms with van der Waals surface area (Å²) in [5, 5.41) is 0. The Balaban J connectivity index is 1.74. The lowest BCUT2D eigenvalue weighted by atomic mass is 9.91. The largest absolute Gasteiger partial charge is 0.469 e. The second-order valence-corrected chi connectivity index (χ2v) is 5.96. The van der Waals surface area contributed by atoms with Crippen molar-refractivity contribution in [2.75, 3.05) is 7.11 Å². The Labute approximate surface area is 101 Å². The molecule has 1 aromatic carbocycles. The first-order valence-electron chi connectivity index (χ1n) is 6.35. The monoisotopic (exact) mass is 228 g/mol. The Morgan fingerprint density at radius 1 is 1.18 bits per heavy atom. The molecular formula is C15H16O2. The molecule has 17 heavy (non-hydrogen) atoms. The molecule has 4 rings (SSSR count). The van der Waals surface area contributed by atoms with E-state index in [0.29, 0.717) is 5.41 Å². The first kappa shape index (κ1) is 9.69. The summed E-state index contributed by atoms with van der Waals surface area (Å²) >= 11 is 0. The number of benzene rings is 1. The number of rotatable bonds is 2. The van der Waals surface area contributed by atoms with Crippen molar-refractivity contribution in [3.8, 4) is 0 Å². The minimum atomic E-state index is -0.114. The van der Waals surface area contributed by atoms with Gasteiger partial charge in [-0.1, -0.05) is 30.3 Å². The van der Waals surface area contributed by atoms with Gasteiger partial charge in [-0.15, -0.1) is 0 Å². The molecule has 2 nitrogen and oxygen atoms in total. The fourth-order valence-electron chi connectivity index (χ4n) is 4.73. The Morgan fingerprint density at radius 3 is 2.53 bits per heavy atom. The molecule has 0 radical (unpaired) electrons. The minimum Gasteiger partial charge on any atom is -0.469 e. The van der Waals surface area contributed by atoms with Gasteiger partial charge in [0.15, 0.2) is 0 Å². The van der Waals surface area contributed by atoms with Crippen LogP contribution in [0.2, 0.25) is 0 Å². The van der Waals surface area contributed by atoms with Gasteiger partial charge in [0.25, 0.3) is 0 Å². The molecule has 0 saturated heterocycles. The molecule has 3 aliphatic carbocycles. The van der Waals surface area contributed by atoms with Gasteiger partial charge >= 0.3 is 5.97 Å². The van der Waals surface area contributed by atoms with Gasteiger partial charge in [0.1, 0.15) is 0 Å². The summed E-state index contributed by atoms with van der Waals surface area (Å²) in [6, 6.07) is 10.7. The summed E-state index contributed by atoms with van der Waals surface area (Å²) in [6.45, 7) is 0. The van der Waals surface area contributed by atoms with Crippen LogP contribution < -0.4 is 0 Å². The quantitative estimate of drug-likeness (QED) is 0.727. The van der Waals surface area contributed by atoms with Gasteiger partial charge < -0.3 is 4.74 Å². The summed E-state index contributed by atoms with van der Waals surface area (Å²) < 4.78 is 5.01. The van der Waals surface area contributed by atoms with E-state index in [0.717, 1.165) is 19.3 Å². The minimum absolute atomic E-state index is 0.0350. The zero-order valence-electron chi connectivity index (χ0n) is 10.0. The number of carbonyl (C=O) groups excluding carboxylic acids is 1. The predicted molar refractivity (Wildman–Crippen MR) is 63.5 cm³/mol. The summed E-state index contributed by atoms with van der Waals surface area (Å²) in [6.07, 6.45) is 4.43. The van der Waals surface area contributed by atoms with Crippen LogP contribution >= 0.6 is 0 Å². The maximum Gasteiger partial charge on any atom is 0.312 e. The van der Waals surface area contributed by atoms with Crippen molar-refractivity contribution in [2.24, 2.45) is 10.8 Å². The van der Waals surface area contributed by atoms with Crippen LogP contribution in [-0.2, 0) is 14.9 Å². The van der Waals surface area contributed by atoms with Crippen molar-refractivity contribution < 1.29 is 9.53 Å². The van der Waals surface area contributed by atoms with Gasteiger partial charge in [-0.25, -0.2) is 0 Å². The van der Waals surface area contributed by atoms with Crippen molar-refractivity contribution in [3.63, 3.8) is 0 Å². The van der Waals surface area contributed by atoms with Crippen molar-refractivity contribution in [1.82, 2.24) is 0 Å². The third-order valence-electron chi connectivity index (χ3n) is 5.67. The number of hydrogen-bond acceptors (Lipinski definition) is 2. The van der Waals surface area contributed by atoms with E-state index in [1.165, 1.54) is 19.1 Å². The highest BCUT2D eigenvalue weighted by Gasteiger charge is 2.93. The van der Waals surface area contributed by atoms with Crippen LogP contribution in [0.5, 0.6) is 0 Å². The molecule has 88 valence electrons. The zero-order chi connectivity index (χ0) is 11.7.